The SMILES string of the molecule is CCCC(=O)N1CC[C@@H](C)[C@@H](N)C1. The molecule has 3 heteroatoms. The monoisotopic (exact) mass is 184 g/mol. The van der Waals surface area contributed by atoms with E-state index in [1.165, 1.54) is 0 Å². The lowest BCUT2D eigenvalue weighted by Gasteiger charge is -2.35. The number of carbonyl (C=O) groups is 1. The first-order valence-corrected chi connectivity index (χ1v) is 5.18. The van der Waals surface area contributed by atoms with Crippen LogP contribution >= 0.6 is 0 Å². The van der Waals surface area contributed by atoms with Crippen LogP contribution in [0, 0.1) is 5.92 Å². The van der Waals surface area contributed by atoms with E-state index in [0.29, 0.717) is 12.3 Å². The van der Waals surface area contributed by atoms with Crippen molar-refractivity contribution in [2.24, 2.45) is 11.7 Å². The molecule has 3 nitrogen and oxygen atoms in total. The first kappa shape index (κ1) is 10.5. The third kappa shape index (κ3) is 2.69. The molecule has 0 spiro atoms. The minimum absolute atomic E-state index is 0.176. The topological polar surface area (TPSA) is 46.3 Å². The van der Waals surface area contributed by atoms with Crippen molar-refractivity contribution in [3.05, 3.63) is 0 Å². The molecular formula is C10H20N2O. The fourth-order valence-corrected chi connectivity index (χ4v) is 1.70. The third-order valence-electron chi connectivity index (χ3n) is 2.83. The van der Waals surface area contributed by atoms with E-state index in [1.807, 2.05) is 11.8 Å². The van der Waals surface area contributed by atoms with E-state index in [4.69, 9.17) is 5.73 Å². The Kier molecular flexibility index (Phi) is 3.72. The molecule has 13 heavy (non-hydrogen) atoms. The second kappa shape index (κ2) is 4.61. The van der Waals surface area contributed by atoms with Gasteiger partial charge in [-0.15, -0.1) is 0 Å². The van der Waals surface area contributed by atoms with Gasteiger partial charge in [-0.1, -0.05) is 13.8 Å². The Labute approximate surface area is 80.3 Å². The maximum absolute atomic E-state index is 11.5. The first-order valence-electron chi connectivity index (χ1n) is 5.18. The van der Waals surface area contributed by atoms with Gasteiger partial charge in [0.15, 0.2) is 0 Å². The smallest absolute Gasteiger partial charge is 0.222 e. The van der Waals surface area contributed by atoms with Crippen LogP contribution in [0.4, 0.5) is 0 Å². The maximum atomic E-state index is 11.5. The second-order valence-electron chi connectivity index (χ2n) is 4.02. The van der Waals surface area contributed by atoms with Crippen LogP contribution in [-0.2, 0) is 4.79 Å². The molecule has 1 aliphatic rings. The molecular weight excluding hydrogens is 164 g/mol. The van der Waals surface area contributed by atoms with E-state index in [1.54, 1.807) is 0 Å². The number of nitrogens with two attached hydrogens (primary N) is 1. The van der Waals surface area contributed by atoms with Crippen molar-refractivity contribution in [1.29, 1.82) is 0 Å². The fourth-order valence-electron chi connectivity index (χ4n) is 1.70. The van der Waals surface area contributed by atoms with Gasteiger partial charge in [0.1, 0.15) is 0 Å². The van der Waals surface area contributed by atoms with Crippen LogP contribution in [0.25, 0.3) is 0 Å². The van der Waals surface area contributed by atoms with E-state index in [-0.39, 0.29) is 11.9 Å². The van der Waals surface area contributed by atoms with Crippen LogP contribution in [-0.4, -0.2) is 29.9 Å². The van der Waals surface area contributed by atoms with Crippen molar-refractivity contribution in [2.45, 2.75) is 39.2 Å². The molecule has 2 atom stereocenters. The summed E-state index contributed by atoms with van der Waals surface area (Å²) in [7, 11) is 0. The highest BCUT2D eigenvalue weighted by atomic mass is 16.2. The average molecular weight is 184 g/mol. The molecule has 1 aliphatic heterocycles. The van der Waals surface area contributed by atoms with E-state index >= 15 is 0 Å². The number of amides is 1. The molecule has 0 saturated carbocycles. The summed E-state index contributed by atoms with van der Waals surface area (Å²) in [5.41, 5.74) is 5.91. The van der Waals surface area contributed by atoms with Crippen LogP contribution in [0.2, 0.25) is 0 Å². The molecule has 0 aliphatic carbocycles. The standard InChI is InChI=1S/C10H20N2O/c1-3-4-10(13)12-6-5-8(2)9(11)7-12/h8-9H,3-7,11H2,1-2H3/t8-,9+/m1/s1. The minimum Gasteiger partial charge on any atom is -0.341 e. The molecule has 0 aromatic carbocycles. The molecule has 0 aromatic rings. The lowest BCUT2D eigenvalue weighted by molar-refractivity contribution is -0.132. The Balaban J connectivity index is 2.40. The van der Waals surface area contributed by atoms with Crippen molar-refractivity contribution < 1.29 is 4.79 Å². The average Bonchev–Trinajstić information content (AvgIpc) is 2.10. The van der Waals surface area contributed by atoms with Gasteiger partial charge < -0.3 is 10.6 Å². The lowest BCUT2D eigenvalue weighted by Crippen LogP contribution is -2.49. The number of piperidine rings is 1. The molecule has 1 heterocycles. The van der Waals surface area contributed by atoms with Crippen LogP contribution in [0.3, 0.4) is 0 Å². The summed E-state index contributed by atoms with van der Waals surface area (Å²) in [6, 6.07) is 0.176. The molecule has 0 bridgehead atoms. The van der Waals surface area contributed by atoms with E-state index in [2.05, 4.69) is 6.92 Å². The number of rotatable bonds is 2. The number of carbonyl (C=O) groups excluding carboxylic acids is 1. The van der Waals surface area contributed by atoms with Gasteiger partial charge >= 0.3 is 0 Å². The van der Waals surface area contributed by atoms with Gasteiger partial charge in [-0.25, -0.2) is 0 Å². The number of likely N-dealkylation sites (tertiary alicyclic amines) is 1. The Morgan fingerprint density at radius 2 is 2.31 bits per heavy atom. The predicted molar refractivity (Wildman–Crippen MR) is 53.2 cm³/mol. The van der Waals surface area contributed by atoms with Crippen LogP contribution < -0.4 is 5.73 Å². The molecule has 2 N–H and O–H groups in total. The second-order valence-corrected chi connectivity index (χ2v) is 4.02. The van der Waals surface area contributed by atoms with Gasteiger partial charge in [0.25, 0.3) is 0 Å². The Hall–Kier alpha value is -0.570. The summed E-state index contributed by atoms with van der Waals surface area (Å²) in [5, 5.41) is 0. The Morgan fingerprint density at radius 3 is 2.85 bits per heavy atom. The molecule has 0 unspecified atom stereocenters. The zero-order valence-electron chi connectivity index (χ0n) is 8.62. The van der Waals surface area contributed by atoms with E-state index in [9.17, 15) is 4.79 Å². The molecule has 1 rings (SSSR count). The molecule has 1 saturated heterocycles. The first-order chi connectivity index (χ1) is 6.15. The number of hydrogen-bond acceptors (Lipinski definition) is 2. The van der Waals surface area contributed by atoms with Crippen LogP contribution in [0.5, 0.6) is 0 Å². The summed E-state index contributed by atoms with van der Waals surface area (Å²) < 4.78 is 0. The summed E-state index contributed by atoms with van der Waals surface area (Å²) >= 11 is 0. The zero-order chi connectivity index (χ0) is 9.84. The minimum atomic E-state index is 0.176. The maximum Gasteiger partial charge on any atom is 0.222 e. The fraction of sp³-hybridized carbons (Fsp3) is 0.900. The molecule has 1 amide bonds. The third-order valence-corrected chi connectivity index (χ3v) is 2.83. The van der Waals surface area contributed by atoms with Gasteiger partial charge in [-0.2, -0.15) is 0 Å². The zero-order valence-corrected chi connectivity index (χ0v) is 8.62. The molecule has 1 fully saturated rings. The highest BCUT2D eigenvalue weighted by Crippen LogP contribution is 2.16. The summed E-state index contributed by atoms with van der Waals surface area (Å²) in [6.07, 6.45) is 2.65. The number of hydrogen-bond donors (Lipinski definition) is 1. The Morgan fingerprint density at radius 1 is 1.62 bits per heavy atom. The summed E-state index contributed by atoms with van der Waals surface area (Å²) in [4.78, 5) is 13.4. The summed E-state index contributed by atoms with van der Waals surface area (Å²) in [5.74, 6) is 0.829. The van der Waals surface area contributed by atoms with Crippen LogP contribution in [0.1, 0.15) is 33.1 Å². The van der Waals surface area contributed by atoms with Gasteiger partial charge in [0, 0.05) is 25.6 Å². The largest absolute Gasteiger partial charge is 0.341 e. The van der Waals surface area contributed by atoms with Crippen molar-refractivity contribution in [1.82, 2.24) is 4.90 Å². The lowest BCUT2D eigenvalue weighted by atomic mass is 9.94. The van der Waals surface area contributed by atoms with E-state index < -0.39 is 0 Å². The van der Waals surface area contributed by atoms with Crippen molar-refractivity contribution in [3.8, 4) is 0 Å². The van der Waals surface area contributed by atoms with Gasteiger partial charge in [-0.05, 0) is 18.8 Å². The van der Waals surface area contributed by atoms with Gasteiger partial charge in [0.2, 0.25) is 5.91 Å². The predicted octanol–water partition coefficient (Wildman–Crippen LogP) is 0.982. The normalized spacial score (nSPS) is 29.0. The quantitative estimate of drug-likeness (QED) is 0.695. The van der Waals surface area contributed by atoms with Gasteiger partial charge in [-0.3, -0.25) is 4.79 Å². The van der Waals surface area contributed by atoms with Crippen molar-refractivity contribution in [3.63, 3.8) is 0 Å². The van der Waals surface area contributed by atoms with E-state index in [0.717, 1.165) is 25.9 Å². The Bertz CT molecular complexity index is 182. The highest BCUT2D eigenvalue weighted by Gasteiger charge is 2.25. The summed E-state index contributed by atoms with van der Waals surface area (Å²) in [6.45, 7) is 5.84. The highest BCUT2D eigenvalue weighted by molar-refractivity contribution is 5.76. The van der Waals surface area contributed by atoms with Gasteiger partial charge in [0.05, 0.1) is 0 Å². The van der Waals surface area contributed by atoms with Crippen LogP contribution in [0.15, 0.2) is 0 Å². The van der Waals surface area contributed by atoms with Crippen molar-refractivity contribution in [2.75, 3.05) is 13.1 Å². The molecule has 76 valence electrons. The molecule has 0 aromatic heterocycles. The number of nitrogens with zero attached hydrogens (tertiary/aromatic N) is 1. The van der Waals surface area contributed by atoms with Crippen molar-refractivity contribution >= 4 is 5.91 Å². The molecule has 0 radical (unpaired) electrons.